The third-order valence-electron chi connectivity index (χ3n) is 2.27. The number of pyridine rings is 1. The predicted octanol–water partition coefficient (Wildman–Crippen LogP) is 2.13. The van der Waals surface area contributed by atoms with Gasteiger partial charge in [-0.05, 0) is 11.8 Å². The van der Waals surface area contributed by atoms with E-state index < -0.39 is 12.5 Å². The van der Waals surface area contributed by atoms with Gasteiger partial charge in [-0.15, -0.1) is 0 Å². The SMILES string of the molecule is COP(=S)(OC)OCn1c(=O)oc2cc(Cl)cnc21. The van der Waals surface area contributed by atoms with Gasteiger partial charge in [0.05, 0.1) is 5.02 Å². The van der Waals surface area contributed by atoms with E-state index in [0.29, 0.717) is 10.7 Å². The summed E-state index contributed by atoms with van der Waals surface area (Å²) in [6.07, 6.45) is 1.40. The van der Waals surface area contributed by atoms with Gasteiger partial charge in [-0.3, -0.25) is 4.52 Å². The summed E-state index contributed by atoms with van der Waals surface area (Å²) in [5, 5.41) is 0.369. The lowest BCUT2D eigenvalue weighted by atomic mass is 10.4. The molecule has 0 fully saturated rings. The normalized spacial score (nSPS) is 12.2. The number of nitrogens with zero attached hydrogens (tertiary/aromatic N) is 2. The molecule has 2 aromatic rings. The van der Waals surface area contributed by atoms with Crippen LogP contribution in [0.3, 0.4) is 0 Å². The lowest BCUT2D eigenvalue weighted by molar-refractivity contribution is 0.159. The third kappa shape index (κ3) is 3.05. The second-order valence-corrected chi connectivity index (χ2v) is 7.00. The molecule has 0 saturated heterocycles. The summed E-state index contributed by atoms with van der Waals surface area (Å²) >= 11 is 10.8. The molecule has 104 valence electrons. The monoisotopic (exact) mass is 324 g/mol. The van der Waals surface area contributed by atoms with Crippen LogP contribution >= 0.6 is 18.3 Å². The Labute approximate surface area is 118 Å². The molecule has 0 saturated carbocycles. The van der Waals surface area contributed by atoms with Gasteiger partial charge < -0.3 is 13.5 Å². The molecule has 0 unspecified atom stereocenters. The van der Waals surface area contributed by atoms with Crippen LogP contribution in [-0.4, -0.2) is 23.8 Å². The molecule has 0 aliphatic rings. The van der Waals surface area contributed by atoms with E-state index in [1.54, 1.807) is 0 Å². The Hall–Kier alpha value is -0.760. The van der Waals surface area contributed by atoms with Gasteiger partial charge in [-0.1, -0.05) is 11.6 Å². The zero-order valence-electron chi connectivity index (χ0n) is 10.0. The molecule has 0 bridgehead atoms. The van der Waals surface area contributed by atoms with Gasteiger partial charge >= 0.3 is 12.5 Å². The standard InChI is InChI=1S/C9H10ClN2O5PS/c1-14-18(19,15-2)16-5-12-8-7(17-9(12)13)3-6(10)4-11-8/h3-4H,5H2,1-2H3. The van der Waals surface area contributed by atoms with Crippen LogP contribution in [-0.2, 0) is 32.1 Å². The molecule has 0 amide bonds. The summed E-state index contributed by atoms with van der Waals surface area (Å²) in [7, 11) is 2.75. The van der Waals surface area contributed by atoms with E-state index in [1.807, 2.05) is 0 Å². The Bertz CT molecular complexity index is 691. The molecule has 0 aliphatic carbocycles. The molecule has 0 spiro atoms. The number of fused-ring (bicyclic) bond motifs is 1. The van der Waals surface area contributed by atoms with Crippen LogP contribution in [0.1, 0.15) is 0 Å². The highest BCUT2D eigenvalue weighted by Gasteiger charge is 2.19. The van der Waals surface area contributed by atoms with Crippen LogP contribution in [0.5, 0.6) is 0 Å². The first kappa shape index (κ1) is 14.6. The fraction of sp³-hybridized carbons (Fsp3) is 0.333. The zero-order chi connectivity index (χ0) is 14.0. The number of hydrogen-bond donors (Lipinski definition) is 0. The predicted molar refractivity (Wildman–Crippen MR) is 72.7 cm³/mol. The van der Waals surface area contributed by atoms with Crippen molar-refractivity contribution < 1.29 is 18.0 Å². The molecule has 0 atom stereocenters. The molecule has 19 heavy (non-hydrogen) atoms. The van der Waals surface area contributed by atoms with Gasteiger partial charge in [0.2, 0.25) is 0 Å². The molecule has 7 nitrogen and oxygen atoms in total. The van der Waals surface area contributed by atoms with Crippen molar-refractivity contribution in [1.82, 2.24) is 9.55 Å². The minimum Gasteiger partial charge on any atom is -0.406 e. The highest BCUT2D eigenvalue weighted by molar-refractivity contribution is 8.07. The molecule has 0 aromatic carbocycles. The van der Waals surface area contributed by atoms with Crippen molar-refractivity contribution in [3.8, 4) is 0 Å². The number of oxazole rings is 1. The number of hydrogen-bond acceptors (Lipinski definition) is 7. The Balaban J connectivity index is 2.33. The number of halogens is 1. The molecular weight excluding hydrogens is 315 g/mol. The smallest absolute Gasteiger partial charge is 0.406 e. The van der Waals surface area contributed by atoms with Crippen molar-refractivity contribution >= 4 is 41.4 Å². The van der Waals surface area contributed by atoms with Gasteiger partial charge in [-0.2, -0.15) is 0 Å². The Kier molecular flexibility index (Phi) is 4.39. The second-order valence-electron chi connectivity index (χ2n) is 3.34. The molecule has 2 heterocycles. The van der Waals surface area contributed by atoms with Gasteiger partial charge in [0.25, 0.3) is 0 Å². The molecule has 2 rings (SSSR count). The van der Waals surface area contributed by atoms with Crippen LogP contribution in [0.15, 0.2) is 21.5 Å². The van der Waals surface area contributed by atoms with E-state index in [2.05, 4.69) is 4.98 Å². The van der Waals surface area contributed by atoms with E-state index in [9.17, 15) is 4.79 Å². The Morgan fingerprint density at radius 3 is 2.84 bits per heavy atom. The lowest BCUT2D eigenvalue weighted by Crippen LogP contribution is -2.16. The lowest BCUT2D eigenvalue weighted by Gasteiger charge is -2.16. The van der Waals surface area contributed by atoms with Gasteiger partial charge in [0.15, 0.2) is 11.2 Å². The summed E-state index contributed by atoms with van der Waals surface area (Å²) in [6, 6.07) is 1.49. The molecule has 0 aliphatic heterocycles. The fourth-order valence-electron chi connectivity index (χ4n) is 1.35. The van der Waals surface area contributed by atoms with Crippen LogP contribution in [0.2, 0.25) is 5.02 Å². The topological polar surface area (TPSA) is 75.7 Å². The first-order chi connectivity index (χ1) is 8.99. The van der Waals surface area contributed by atoms with Gasteiger partial charge in [0.1, 0.15) is 6.73 Å². The molecule has 10 heteroatoms. The van der Waals surface area contributed by atoms with Crippen LogP contribution < -0.4 is 5.76 Å². The van der Waals surface area contributed by atoms with E-state index in [1.165, 1.54) is 31.0 Å². The minimum absolute atomic E-state index is 0.181. The summed E-state index contributed by atoms with van der Waals surface area (Å²) in [4.78, 5) is 15.7. The summed E-state index contributed by atoms with van der Waals surface area (Å²) in [6.45, 7) is -3.03. The van der Waals surface area contributed by atoms with Gasteiger partial charge in [-0.25, -0.2) is 14.3 Å². The highest BCUT2D eigenvalue weighted by atomic mass is 35.5. The van der Waals surface area contributed by atoms with Crippen LogP contribution in [0.25, 0.3) is 11.2 Å². The zero-order valence-corrected chi connectivity index (χ0v) is 12.5. The van der Waals surface area contributed by atoms with Crippen LogP contribution in [0.4, 0.5) is 0 Å². The average Bonchev–Trinajstić information content (AvgIpc) is 2.70. The van der Waals surface area contributed by atoms with E-state index in [4.69, 9.17) is 41.4 Å². The highest BCUT2D eigenvalue weighted by Crippen LogP contribution is 2.48. The Morgan fingerprint density at radius 1 is 1.53 bits per heavy atom. The van der Waals surface area contributed by atoms with E-state index >= 15 is 0 Å². The number of rotatable bonds is 5. The van der Waals surface area contributed by atoms with Crippen molar-refractivity contribution in [2.24, 2.45) is 0 Å². The van der Waals surface area contributed by atoms with Crippen molar-refractivity contribution in [3.05, 3.63) is 27.8 Å². The van der Waals surface area contributed by atoms with Crippen LogP contribution in [0, 0.1) is 0 Å². The van der Waals surface area contributed by atoms with Crippen molar-refractivity contribution in [3.63, 3.8) is 0 Å². The maximum atomic E-state index is 11.7. The second kappa shape index (κ2) is 5.70. The average molecular weight is 325 g/mol. The quantitative estimate of drug-likeness (QED) is 0.780. The first-order valence-electron chi connectivity index (χ1n) is 5.00. The van der Waals surface area contributed by atoms with Crippen molar-refractivity contribution in [2.45, 2.75) is 6.73 Å². The molecule has 0 radical (unpaired) electrons. The van der Waals surface area contributed by atoms with Gasteiger partial charge in [0, 0.05) is 26.5 Å². The number of aromatic nitrogens is 2. The largest absolute Gasteiger partial charge is 0.423 e. The fourth-order valence-corrected chi connectivity index (χ4v) is 2.26. The van der Waals surface area contributed by atoms with E-state index in [0.717, 1.165) is 0 Å². The first-order valence-corrected chi connectivity index (χ1v) is 7.93. The Morgan fingerprint density at radius 2 is 2.21 bits per heavy atom. The van der Waals surface area contributed by atoms with Crippen molar-refractivity contribution in [1.29, 1.82) is 0 Å². The van der Waals surface area contributed by atoms with Crippen molar-refractivity contribution in [2.75, 3.05) is 14.2 Å². The molecule has 2 aromatic heterocycles. The molecule has 0 N–H and O–H groups in total. The maximum Gasteiger partial charge on any atom is 0.423 e. The maximum absolute atomic E-state index is 11.7. The summed E-state index contributed by atoms with van der Waals surface area (Å²) in [5.41, 5.74) is 0.576. The summed E-state index contributed by atoms with van der Waals surface area (Å²) < 4.78 is 21.4. The summed E-state index contributed by atoms with van der Waals surface area (Å²) in [5.74, 6) is -0.626. The molecular formula is C9H10ClN2O5PS. The van der Waals surface area contributed by atoms with E-state index in [-0.39, 0.29) is 12.3 Å². The minimum atomic E-state index is -2.85. The third-order valence-corrected chi connectivity index (χ3v) is 5.01.